The third-order valence-corrected chi connectivity index (χ3v) is 7.57. The molecule has 1 aliphatic rings. The minimum absolute atomic E-state index is 0.181. The van der Waals surface area contributed by atoms with Crippen LogP contribution in [0.15, 0.2) is 51.9 Å². The number of nitrogens with zero attached hydrogens (tertiary/aromatic N) is 2. The number of aryl methyl sites for hydroxylation is 1. The smallest absolute Gasteiger partial charge is 0.287 e. The number of hydrogen-bond acceptors (Lipinski definition) is 5. The molecule has 0 unspecified atom stereocenters. The summed E-state index contributed by atoms with van der Waals surface area (Å²) >= 11 is 0. The van der Waals surface area contributed by atoms with E-state index in [0.717, 1.165) is 12.1 Å². The van der Waals surface area contributed by atoms with Gasteiger partial charge in [-0.2, -0.15) is 4.31 Å². The molecule has 1 fully saturated rings. The van der Waals surface area contributed by atoms with E-state index < -0.39 is 10.0 Å². The SMILES string of the molecule is Cc1c(C(=O)NCc2ccccn2)oc2ccc(S(=O)(=O)N3C[C@@H](C)C[C@H](C)C3)cc12. The second kappa shape index (κ2) is 8.43. The molecule has 0 aliphatic carbocycles. The summed E-state index contributed by atoms with van der Waals surface area (Å²) in [5.74, 6) is 0.475. The lowest BCUT2D eigenvalue weighted by Gasteiger charge is -2.34. The van der Waals surface area contributed by atoms with E-state index in [-0.39, 0.29) is 23.1 Å². The van der Waals surface area contributed by atoms with Crippen molar-refractivity contribution in [2.45, 2.75) is 38.6 Å². The van der Waals surface area contributed by atoms with Gasteiger partial charge in [-0.3, -0.25) is 9.78 Å². The Labute approximate surface area is 182 Å². The Kier molecular flexibility index (Phi) is 5.85. The van der Waals surface area contributed by atoms with Crippen molar-refractivity contribution in [3.63, 3.8) is 0 Å². The fourth-order valence-electron chi connectivity index (χ4n) is 4.28. The van der Waals surface area contributed by atoms with Gasteiger partial charge < -0.3 is 9.73 Å². The van der Waals surface area contributed by atoms with Gasteiger partial charge in [0.15, 0.2) is 5.76 Å². The number of furan rings is 1. The molecule has 31 heavy (non-hydrogen) atoms. The van der Waals surface area contributed by atoms with Crippen LogP contribution in [-0.4, -0.2) is 36.7 Å². The van der Waals surface area contributed by atoms with Crippen LogP contribution in [0.25, 0.3) is 11.0 Å². The van der Waals surface area contributed by atoms with Gasteiger partial charge in [0.2, 0.25) is 10.0 Å². The van der Waals surface area contributed by atoms with Gasteiger partial charge in [0, 0.05) is 30.2 Å². The Balaban J connectivity index is 1.60. The summed E-state index contributed by atoms with van der Waals surface area (Å²) in [5, 5.41) is 3.43. The Morgan fingerprint density at radius 2 is 1.94 bits per heavy atom. The number of sulfonamides is 1. The zero-order chi connectivity index (χ0) is 22.2. The van der Waals surface area contributed by atoms with Crippen molar-refractivity contribution < 1.29 is 17.6 Å². The predicted molar refractivity (Wildman–Crippen MR) is 118 cm³/mol. The molecule has 1 amide bonds. The molecule has 1 aromatic carbocycles. The zero-order valence-corrected chi connectivity index (χ0v) is 18.8. The molecule has 164 valence electrons. The van der Waals surface area contributed by atoms with E-state index in [1.54, 1.807) is 35.6 Å². The van der Waals surface area contributed by atoms with Gasteiger partial charge in [0.25, 0.3) is 5.91 Å². The molecule has 3 heterocycles. The van der Waals surface area contributed by atoms with Crippen LogP contribution in [0.2, 0.25) is 0 Å². The molecule has 0 spiro atoms. The van der Waals surface area contributed by atoms with Gasteiger partial charge in [0.05, 0.1) is 17.1 Å². The van der Waals surface area contributed by atoms with Crippen LogP contribution in [0.4, 0.5) is 0 Å². The first-order valence-corrected chi connectivity index (χ1v) is 11.9. The number of hydrogen-bond donors (Lipinski definition) is 1. The first-order valence-electron chi connectivity index (χ1n) is 10.5. The van der Waals surface area contributed by atoms with Crippen LogP contribution in [0.1, 0.15) is 42.1 Å². The Bertz CT molecular complexity index is 1190. The van der Waals surface area contributed by atoms with Crippen molar-refractivity contribution in [2.24, 2.45) is 11.8 Å². The number of pyridine rings is 1. The largest absolute Gasteiger partial charge is 0.451 e. The van der Waals surface area contributed by atoms with Crippen molar-refractivity contribution in [3.8, 4) is 0 Å². The third kappa shape index (κ3) is 4.36. The number of fused-ring (bicyclic) bond motifs is 1. The second-order valence-corrected chi connectivity index (χ2v) is 10.4. The number of rotatable bonds is 5. The lowest BCUT2D eigenvalue weighted by molar-refractivity contribution is 0.0924. The highest BCUT2D eigenvalue weighted by molar-refractivity contribution is 7.89. The lowest BCUT2D eigenvalue weighted by atomic mass is 9.94. The molecule has 0 saturated carbocycles. The fourth-order valence-corrected chi connectivity index (χ4v) is 5.99. The van der Waals surface area contributed by atoms with E-state index in [1.807, 2.05) is 18.2 Å². The molecular weight excluding hydrogens is 414 g/mol. The van der Waals surface area contributed by atoms with E-state index in [1.165, 1.54) is 0 Å². The molecule has 1 saturated heterocycles. The summed E-state index contributed by atoms with van der Waals surface area (Å²) < 4.78 is 33.8. The average Bonchev–Trinajstić information content (AvgIpc) is 3.08. The number of carbonyl (C=O) groups excluding carboxylic acids is 1. The van der Waals surface area contributed by atoms with Crippen LogP contribution in [0.5, 0.6) is 0 Å². The monoisotopic (exact) mass is 441 g/mol. The van der Waals surface area contributed by atoms with Crippen molar-refractivity contribution in [2.75, 3.05) is 13.1 Å². The van der Waals surface area contributed by atoms with Crippen molar-refractivity contribution >= 4 is 26.9 Å². The van der Waals surface area contributed by atoms with E-state index >= 15 is 0 Å². The maximum Gasteiger partial charge on any atom is 0.287 e. The van der Waals surface area contributed by atoms with E-state index in [4.69, 9.17) is 4.42 Å². The summed E-state index contributed by atoms with van der Waals surface area (Å²) in [6.07, 6.45) is 2.70. The Morgan fingerprint density at radius 3 is 2.61 bits per heavy atom. The van der Waals surface area contributed by atoms with Gasteiger partial charge in [-0.05, 0) is 55.5 Å². The number of piperidine rings is 1. The number of nitrogens with one attached hydrogen (secondary N) is 1. The van der Waals surface area contributed by atoms with Gasteiger partial charge in [-0.1, -0.05) is 19.9 Å². The minimum atomic E-state index is -3.61. The standard InChI is InChI=1S/C23H27N3O4S/c1-15-10-16(2)14-26(13-15)31(28,29)19-7-8-21-20(11-19)17(3)22(30-21)23(27)25-12-18-6-4-5-9-24-18/h4-9,11,15-16H,10,12-14H2,1-3H3,(H,25,27)/t15-,16-/m0/s1. The molecule has 2 aromatic heterocycles. The maximum atomic E-state index is 13.2. The van der Waals surface area contributed by atoms with Gasteiger partial charge in [0.1, 0.15) is 5.58 Å². The number of amides is 1. The number of benzene rings is 1. The highest BCUT2D eigenvalue weighted by Crippen LogP contribution is 2.31. The maximum absolute atomic E-state index is 13.2. The van der Waals surface area contributed by atoms with Crippen LogP contribution in [0, 0.1) is 18.8 Å². The van der Waals surface area contributed by atoms with Gasteiger partial charge in [-0.25, -0.2) is 8.42 Å². The summed E-state index contributed by atoms with van der Waals surface area (Å²) in [6, 6.07) is 10.3. The zero-order valence-electron chi connectivity index (χ0n) is 18.0. The summed E-state index contributed by atoms with van der Waals surface area (Å²) in [7, 11) is -3.61. The molecule has 2 atom stereocenters. The summed E-state index contributed by atoms with van der Waals surface area (Å²) in [4.78, 5) is 17.1. The van der Waals surface area contributed by atoms with E-state index in [9.17, 15) is 13.2 Å². The molecule has 0 radical (unpaired) electrons. The third-order valence-electron chi connectivity index (χ3n) is 5.74. The van der Waals surface area contributed by atoms with Crippen molar-refractivity contribution in [3.05, 3.63) is 59.6 Å². The fraction of sp³-hybridized carbons (Fsp3) is 0.391. The first-order chi connectivity index (χ1) is 14.8. The van der Waals surface area contributed by atoms with E-state index in [0.29, 0.717) is 41.5 Å². The van der Waals surface area contributed by atoms with Crippen LogP contribution in [0.3, 0.4) is 0 Å². The molecule has 3 aromatic rings. The van der Waals surface area contributed by atoms with Crippen LogP contribution in [-0.2, 0) is 16.6 Å². The molecular formula is C23H27N3O4S. The van der Waals surface area contributed by atoms with Gasteiger partial charge in [-0.15, -0.1) is 0 Å². The van der Waals surface area contributed by atoms with Gasteiger partial charge >= 0.3 is 0 Å². The van der Waals surface area contributed by atoms with Crippen molar-refractivity contribution in [1.82, 2.24) is 14.6 Å². The number of aromatic nitrogens is 1. The molecule has 1 aliphatic heterocycles. The lowest BCUT2D eigenvalue weighted by Crippen LogP contribution is -2.42. The average molecular weight is 442 g/mol. The normalized spacial score (nSPS) is 20.1. The predicted octanol–water partition coefficient (Wildman–Crippen LogP) is 3.73. The molecule has 1 N–H and O–H groups in total. The summed E-state index contributed by atoms with van der Waals surface area (Å²) in [5.41, 5.74) is 1.84. The van der Waals surface area contributed by atoms with Crippen LogP contribution < -0.4 is 5.32 Å². The molecule has 4 rings (SSSR count). The van der Waals surface area contributed by atoms with Crippen LogP contribution >= 0.6 is 0 Å². The summed E-state index contributed by atoms with van der Waals surface area (Å²) in [6.45, 7) is 7.26. The Hall–Kier alpha value is -2.71. The topological polar surface area (TPSA) is 92.5 Å². The second-order valence-electron chi connectivity index (χ2n) is 8.49. The molecule has 7 nitrogen and oxygen atoms in total. The molecule has 8 heteroatoms. The first kappa shape index (κ1) is 21.5. The number of carbonyl (C=O) groups is 1. The minimum Gasteiger partial charge on any atom is -0.451 e. The van der Waals surface area contributed by atoms with E-state index in [2.05, 4.69) is 24.1 Å². The Morgan fingerprint density at radius 1 is 1.19 bits per heavy atom. The van der Waals surface area contributed by atoms with Crippen molar-refractivity contribution in [1.29, 1.82) is 0 Å². The highest BCUT2D eigenvalue weighted by atomic mass is 32.2. The highest BCUT2D eigenvalue weighted by Gasteiger charge is 2.32. The molecule has 0 bridgehead atoms. The quantitative estimate of drug-likeness (QED) is 0.651.